The van der Waals surface area contributed by atoms with Crippen molar-refractivity contribution in [2.45, 2.75) is 19.8 Å². The third-order valence-electron chi connectivity index (χ3n) is 2.11. The van der Waals surface area contributed by atoms with Gasteiger partial charge in [0, 0.05) is 17.8 Å². The highest BCUT2D eigenvalue weighted by atomic mass is 35.5. The fraction of sp³-hybridized carbons (Fsp3) is 0.250. The summed E-state index contributed by atoms with van der Waals surface area (Å²) in [6.07, 6.45) is 2.87. The molecular weight excluding hydrogens is 259 g/mol. The van der Waals surface area contributed by atoms with E-state index in [-0.39, 0.29) is 30.7 Å². The van der Waals surface area contributed by atoms with Crippen LogP contribution in [0.25, 0.3) is 0 Å². The number of allylic oxidation sites excluding steroid dienone is 1. The number of nitrogens with one attached hydrogen (secondary N) is 1. The van der Waals surface area contributed by atoms with Gasteiger partial charge in [-0.15, -0.1) is 31.4 Å². The fourth-order valence-electron chi connectivity index (χ4n) is 1.22. The average molecular weight is 277 g/mol. The number of hydrogen-bond acceptors (Lipinski definition) is 2. The van der Waals surface area contributed by atoms with Crippen LogP contribution in [0.15, 0.2) is 30.9 Å². The molecule has 0 radical (unpaired) electrons. The summed E-state index contributed by atoms with van der Waals surface area (Å²) in [5.74, 6) is -0.0106. The normalized spacial score (nSPS) is 8.53. The topological polar surface area (TPSA) is 55.1 Å². The molecule has 0 heterocycles. The molecule has 0 saturated carbocycles. The first-order chi connectivity index (χ1) is 7.13. The molecule has 0 aromatic heterocycles. The molecule has 0 saturated heterocycles. The van der Waals surface area contributed by atoms with Gasteiger partial charge in [0.2, 0.25) is 5.91 Å². The molecule has 1 amide bonds. The molecule has 3 N–H and O–H groups in total. The van der Waals surface area contributed by atoms with Gasteiger partial charge in [-0.1, -0.05) is 12.1 Å². The molecule has 0 aliphatic carbocycles. The van der Waals surface area contributed by atoms with Crippen LogP contribution >= 0.6 is 24.8 Å². The number of rotatable bonds is 4. The van der Waals surface area contributed by atoms with E-state index in [0.29, 0.717) is 18.5 Å². The van der Waals surface area contributed by atoms with Crippen molar-refractivity contribution in [3.05, 3.63) is 36.4 Å². The van der Waals surface area contributed by atoms with Crippen molar-refractivity contribution in [1.82, 2.24) is 0 Å². The van der Waals surface area contributed by atoms with Gasteiger partial charge in [0.25, 0.3) is 0 Å². The average Bonchev–Trinajstić information content (AvgIpc) is 2.20. The number of nitrogens with two attached hydrogens (primary N) is 1. The molecule has 0 aliphatic heterocycles. The van der Waals surface area contributed by atoms with Crippen LogP contribution in [0.1, 0.15) is 18.4 Å². The second-order valence-corrected chi connectivity index (χ2v) is 3.45. The van der Waals surface area contributed by atoms with Crippen LogP contribution in [0.3, 0.4) is 0 Å². The highest BCUT2D eigenvalue weighted by Crippen LogP contribution is 2.18. The number of halogens is 2. The van der Waals surface area contributed by atoms with Crippen molar-refractivity contribution >= 4 is 42.1 Å². The lowest BCUT2D eigenvalue weighted by Crippen LogP contribution is -2.11. The number of carbonyl (C=O) groups is 1. The number of anilines is 2. The Hall–Kier alpha value is -1.19. The Morgan fingerprint density at radius 1 is 1.47 bits per heavy atom. The van der Waals surface area contributed by atoms with Gasteiger partial charge >= 0.3 is 0 Å². The van der Waals surface area contributed by atoms with E-state index in [1.165, 1.54) is 0 Å². The van der Waals surface area contributed by atoms with E-state index in [4.69, 9.17) is 5.73 Å². The Bertz CT molecular complexity index is 381. The van der Waals surface area contributed by atoms with E-state index < -0.39 is 0 Å². The summed E-state index contributed by atoms with van der Waals surface area (Å²) in [5, 5.41) is 2.82. The van der Waals surface area contributed by atoms with Crippen LogP contribution in [-0.2, 0) is 4.79 Å². The minimum absolute atomic E-state index is 0. The van der Waals surface area contributed by atoms with Crippen molar-refractivity contribution in [3.63, 3.8) is 0 Å². The van der Waals surface area contributed by atoms with Crippen molar-refractivity contribution < 1.29 is 4.79 Å². The molecule has 3 nitrogen and oxygen atoms in total. The smallest absolute Gasteiger partial charge is 0.224 e. The molecule has 0 bridgehead atoms. The van der Waals surface area contributed by atoms with Gasteiger partial charge in [0.05, 0.1) is 0 Å². The van der Waals surface area contributed by atoms with E-state index >= 15 is 0 Å². The van der Waals surface area contributed by atoms with Crippen molar-refractivity contribution in [3.8, 4) is 0 Å². The maximum Gasteiger partial charge on any atom is 0.224 e. The van der Waals surface area contributed by atoms with Gasteiger partial charge in [-0.25, -0.2) is 0 Å². The van der Waals surface area contributed by atoms with Gasteiger partial charge in [-0.2, -0.15) is 0 Å². The van der Waals surface area contributed by atoms with Gasteiger partial charge in [0.1, 0.15) is 0 Å². The van der Waals surface area contributed by atoms with Crippen LogP contribution < -0.4 is 11.1 Å². The Labute approximate surface area is 114 Å². The molecule has 5 heteroatoms. The first-order valence-electron chi connectivity index (χ1n) is 4.90. The lowest BCUT2D eigenvalue weighted by atomic mass is 10.1. The minimum atomic E-state index is -0.0106. The molecule has 17 heavy (non-hydrogen) atoms. The Kier molecular flexibility index (Phi) is 9.52. The number of aryl methyl sites for hydroxylation is 1. The first kappa shape index (κ1) is 18.2. The molecule has 1 aromatic carbocycles. The first-order valence-corrected chi connectivity index (χ1v) is 4.90. The molecule has 1 aromatic rings. The second kappa shape index (κ2) is 8.90. The monoisotopic (exact) mass is 276 g/mol. The van der Waals surface area contributed by atoms with Crippen LogP contribution in [-0.4, -0.2) is 5.91 Å². The van der Waals surface area contributed by atoms with Crippen molar-refractivity contribution in [1.29, 1.82) is 0 Å². The molecule has 96 valence electrons. The van der Waals surface area contributed by atoms with Crippen LogP contribution in [0.2, 0.25) is 0 Å². The van der Waals surface area contributed by atoms with Crippen LogP contribution in [0, 0.1) is 6.92 Å². The van der Waals surface area contributed by atoms with Gasteiger partial charge < -0.3 is 11.1 Å². The molecular formula is C12H18Cl2N2O. The Balaban J connectivity index is 0. The highest BCUT2D eigenvalue weighted by Gasteiger charge is 2.03. The fourth-order valence-corrected chi connectivity index (χ4v) is 1.22. The highest BCUT2D eigenvalue weighted by molar-refractivity contribution is 5.92. The van der Waals surface area contributed by atoms with Gasteiger partial charge in [-0.05, 0) is 31.0 Å². The summed E-state index contributed by atoms with van der Waals surface area (Å²) in [4.78, 5) is 11.4. The number of hydrogen-bond donors (Lipinski definition) is 2. The van der Waals surface area contributed by atoms with E-state index in [9.17, 15) is 4.79 Å². The molecule has 0 atom stereocenters. The number of nitrogen functional groups attached to an aromatic ring is 1. The number of amides is 1. The van der Waals surface area contributed by atoms with Gasteiger partial charge in [0.15, 0.2) is 0 Å². The predicted octanol–water partition coefficient (Wildman–Crippen LogP) is 3.33. The molecule has 0 aliphatic rings. The van der Waals surface area contributed by atoms with E-state index in [2.05, 4.69) is 11.9 Å². The lowest BCUT2D eigenvalue weighted by Gasteiger charge is -2.08. The Morgan fingerprint density at radius 2 is 2.12 bits per heavy atom. The van der Waals surface area contributed by atoms with E-state index in [0.717, 1.165) is 11.3 Å². The standard InChI is InChI=1S/C12H16N2O.2ClH/c1-3-4-5-12(15)14-11-8-10(13)7-6-9(11)2;;/h3,6-8H,1,4-5,13H2,2H3,(H,14,15);2*1H. The van der Waals surface area contributed by atoms with Crippen LogP contribution in [0.5, 0.6) is 0 Å². The van der Waals surface area contributed by atoms with Gasteiger partial charge in [-0.3, -0.25) is 4.79 Å². The Morgan fingerprint density at radius 3 is 2.71 bits per heavy atom. The molecule has 0 unspecified atom stereocenters. The third-order valence-corrected chi connectivity index (χ3v) is 2.11. The van der Waals surface area contributed by atoms with E-state index in [1.54, 1.807) is 12.1 Å². The summed E-state index contributed by atoms with van der Waals surface area (Å²) in [6.45, 7) is 5.50. The summed E-state index contributed by atoms with van der Waals surface area (Å²) >= 11 is 0. The zero-order valence-electron chi connectivity index (χ0n) is 9.73. The van der Waals surface area contributed by atoms with Crippen LogP contribution in [0.4, 0.5) is 11.4 Å². The minimum Gasteiger partial charge on any atom is -0.399 e. The molecule has 0 spiro atoms. The maximum absolute atomic E-state index is 11.4. The largest absolute Gasteiger partial charge is 0.399 e. The maximum atomic E-state index is 11.4. The zero-order valence-corrected chi connectivity index (χ0v) is 11.4. The summed E-state index contributed by atoms with van der Waals surface area (Å²) in [7, 11) is 0. The third kappa shape index (κ3) is 6.19. The lowest BCUT2D eigenvalue weighted by molar-refractivity contribution is -0.116. The zero-order chi connectivity index (χ0) is 11.3. The summed E-state index contributed by atoms with van der Waals surface area (Å²) in [6, 6.07) is 5.47. The number of benzene rings is 1. The SMILES string of the molecule is C=CCCC(=O)Nc1cc(N)ccc1C.Cl.Cl. The van der Waals surface area contributed by atoms with E-state index in [1.807, 2.05) is 19.1 Å². The number of carbonyl (C=O) groups excluding carboxylic acids is 1. The molecule has 0 fully saturated rings. The van der Waals surface area contributed by atoms with Crippen molar-refractivity contribution in [2.24, 2.45) is 0 Å². The summed E-state index contributed by atoms with van der Waals surface area (Å²) in [5.41, 5.74) is 8.08. The second-order valence-electron chi connectivity index (χ2n) is 3.45. The predicted molar refractivity (Wildman–Crippen MR) is 78.1 cm³/mol. The van der Waals surface area contributed by atoms with Crippen molar-refractivity contribution in [2.75, 3.05) is 11.1 Å². The quantitative estimate of drug-likeness (QED) is 0.655. The molecule has 1 rings (SSSR count). The summed E-state index contributed by atoms with van der Waals surface area (Å²) < 4.78 is 0.